The number of nitrogens with zero attached hydrogens (tertiary/aromatic N) is 3. The predicted molar refractivity (Wildman–Crippen MR) is 175 cm³/mol. The molecule has 250 valence electrons. The summed E-state index contributed by atoms with van der Waals surface area (Å²) < 4.78 is 40.9. The molecule has 0 radical (unpaired) electrons. The average Bonchev–Trinajstić information content (AvgIpc) is 3.66. The molecule has 1 saturated heterocycles. The quantitative estimate of drug-likeness (QED) is 0.176. The number of rotatable bonds is 11. The van der Waals surface area contributed by atoms with Crippen LogP contribution in [0.3, 0.4) is 0 Å². The molecule has 4 unspecified atom stereocenters. The van der Waals surface area contributed by atoms with Crippen molar-refractivity contribution in [3.63, 3.8) is 0 Å². The Bertz CT molecular complexity index is 1880. The molecule has 1 amide bonds. The van der Waals surface area contributed by atoms with E-state index in [0.29, 0.717) is 11.5 Å². The molecular weight excluding hydrogens is 621 g/mol. The SMILES string of the molecule is COc1ccc(C(OCC2OC(n3cnc4c(=O)[nH]c(NC(=O)C(C)C)nc43)C(F)C2O)(c2ccccc2)c2ccc(OC)cc2)cc1. The van der Waals surface area contributed by atoms with E-state index in [0.717, 1.165) is 16.7 Å². The number of carbonyl (C=O) groups excluding carboxylic acids is 1. The van der Waals surface area contributed by atoms with Crippen LogP contribution in [0.5, 0.6) is 11.5 Å². The van der Waals surface area contributed by atoms with E-state index in [-0.39, 0.29) is 35.5 Å². The van der Waals surface area contributed by atoms with Gasteiger partial charge in [-0.3, -0.25) is 24.5 Å². The molecule has 6 rings (SSSR count). The van der Waals surface area contributed by atoms with Crippen molar-refractivity contribution in [3.05, 3.63) is 112 Å². The second-order valence-electron chi connectivity index (χ2n) is 11.7. The van der Waals surface area contributed by atoms with Crippen molar-refractivity contribution in [1.82, 2.24) is 19.5 Å². The summed E-state index contributed by atoms with van der Waals surface area (Å²) in [4.78, 5) is 35.9. The Morgan fingerprint density at radius 3 is 2.15 bits per heavy atom. The average molecular weight is 658 g/mol. The summed E-state index contributed by atoms with van der Waals surface area (Å²) in [6, 6.07) is 24.4. The Hall–Kier alpha value is -5.11. The van der Waals surface area contributed by atoms with Crippen molar-refractivity contribution < 1.29 is 33.2 Å². The molecule has 4 atom stereocenters. The van der Waals surface area contributed by atoms with Crippen molar-refractivity contribution in [2.75, 3.05) is 26.1 Å². The van der Waals surface area contributed by atoms with Gasteiger partial charge < -0.3 is 24.1 Å². The van der Waals surface area contributed by atoms with Crippen LogP contribution in [0.4, 0.5) is 10.3 Å². The van der Waals surface area contributed by atoms with Crippen LogP contribution in [0.2, 0.25) is 0 Å². The Labute approximate surface area is 275 Å². The van der Waals surface area contributed by atoms with Gasteiger partial charge in [-0.2, -0.15) is 4.98 Å². The number of imidazole rings is 1. The van der Waals surface area contributed by atoms with E-state index in [1.54, 1.807) is 28.1 Å². The maximum Gasteiger partial charge on any atom is 0.280 e. The number of ether oxygens (including phenoxy) is 4. The van der Waals surface area contributed by atoms with E-state index in [1.165, 1.54) is 10.9 Å². The number of H-pyrrole nitrogens is 1. The monoisotopic (exact) mass is 657 g/mol. The Morgan fingerprint density at radius 1 is 1.00 bits per heavy atom. The molecule has 13 heteroatoms. The second-order valence-corrected chi connectivity index (χ2v) is 11.7. The van der Waals surface area contributed by atoms with Crippen LogP contribution < -0.4 is 20.3 Å². The van der Waals surface area contributed by atoms with E-state index < -0.39 is 35.8 Å². The number of amides is 1. The van der Waals surface area contributed by atoms with Gasteiger partial charge in [0, 0.05) is 5.92 Å². The third-order valence-corrected chi connectivity index (χ3v) is 8.40. The number of benzene rings is 3. The third kappa shape index (κ3) is 6.03. The normalized spacial score (nSPS) is 19.5. The summed E-state index contributed by atoms with van der Waals surface area (Å²) in [6.07, 6.45) is -4.84. The number of methoxy groups -OCH3 is 2. The second kappa shape index (κ2) is 13.6. The summed E-state index contributed by atoms with van der Waals surface area (Å²) in [5.41, 5.74) is 0.326. The lowest BCUT2D eigenvalue weighted by Crippen LogP contribution is -2.39. The van der Waals surface area contributed by atoms with Crippen LogP contribution >= 0.6 is 0 Å². The number of hydrogen-bond acceptors (Lipinski definition) is 9. The third-order valence-electron chi connectivity index (χ3n) is 8.40. The molecule has 3 aromatic carbocycles. The molecular formula is C35H36FN5O7. The Kier molecular flexibility index (Phi) is 9.27. The fourth-order valence-electron chi connectivity index (χ4n) is 5.78. The highest BCUT2D eigenvalue weighted by Crippen LogP contribution is 2.43. The van der Waals surface area contributed by atoms with Crippen molar-refractivity contribution in [2.24, 2.45) is 5.92 Å². The summed E-state index contributed by atoms with van der Waals surface area (Å²) in [5, 5.41) is 13.7. The zero-order valence-corrected chi connectivity index (χ0v) is 26.8. The lowest BCUT2D eigenvalue weighted by molar-refractivity contribution is -0.118. The van der Waals surface area contributed by atoms with Crippen LogP contribution in [-0.4, -0.2) is 69.7 Å². The van der Waals surface area contributed by atoms with Gasteiger partial charge in [0.1, 0.15) is 29.3 Å². The summed E-state index contributed by atoms with van der Waals surface area (Å²) in [7, 11) is 3.17. The van der Waals surface area contributed by atoms with Gasteiger partial charge in [-0.15, -0.1) is 0 Å². The van der Waals surface area contributed by atoms with E-state index in [9.17, 15) is 14.7 Å². The molecule has 2 aromatic heterocycles. The highest BCUT2D eigenvalue weighted by Gasteiger charge is 2.48. The van der Waals surface area contributed by atoms with Crippen LogP contribution in [-0.2, 0) is 19.9 Å². The molecule has 1 aliphatic heterocycles. The number of aromatic amines is 1. The number of aliphatic hydroxyl groups is 1. The lowest BCUT2D eigenvalue weighted by Gasteiger charge is -2.37. The Morgan fingerprint density at radius 2 is 1.58 bits per heavy atom. The number of anilines is 1. The van der Waals surface area contributed by atoms with Crippen molar-refractivity contribution in [1.29, 1.82) is 0 Å². The Balaban J connectivity index is 1.36. The number of carbonyl (C=O) groups is 1. The largest absolute Gasteiger partial charge is 0.497 e. The van der Waals surface area contributed by atoms with Crippen LogP contribution in [0, 0.1) is 5.92 Å². The standard InChI is InChI=1S/C35H36FN5O7/c1-20(2)31(43)39-34-38-30-28(32(44)40-34)37-19-41(30)33-27(36)29(42)26(48-33)18-47-35(21-8-6-5-7-9-21,22-10-14-24(45-3)15-11-22)23-12-16-25(46-4)17-13-23/h5-17,19-20,26-27,29,33,42H,18H2,1-4H3,(H2,38,39,40,43,44). The van der Waals surface area contributed by atoms with Gasteiger partial charge in [0.15, 0.2) is 23.6 Å². The van der Waals surface area contributed by atoms with Crippen molar-refractivity contribution in [3.8, 4) is 11.5 Å². The fourth-order valence-corrected chi connectivity index (χ4v) is 5.78. The van der Waals surface area contributed by atoms with Crippen molar-refractivity contribution >= 4 is 23.0 Å². The molecule has 1 aliphatic rings. The summed E-state index contributed by atoms with van der Waals surface area (Å²) >= 11 is 0. The molecule has 3 heterocycles. The van der Waals surface area contributed by atoms with E-state index in [2.05, 4.69) is 20.3 Å². The number of aromatic nitrogens is 4. The number of alkyl halides is 1. The van der Waals surface area contributed by atoms with E-state index in [1.807, 2.05) is 78.9 Å². The van der Waals surface area contributed by atoms with Crippen molar-refractivity contribution in [2.45, 2.75) is 44.1 Å². The topological polar surface area (TPSA) is 150 Å². The van der Waals surface area contributed by atoms with Gasteiger partial charge in [-0.1, -0.05) is 68.4 Å². The minimum Gasteiger partial charge on any atom is -0.497 e. The van der Waals surface area contributed by atoms with Gasteiger partial charge in [-0.25, -0.2) is 9.37 Å². The highest BCUT2D eigenvalue weighted by molar-refractivity contribution is 5.91. The summed E-state index contributed by atoms with van der Waals surface area (Å²) in [5.74, 6) is 0.444. The van der Waals surface area contributed by atoms with Gasteiger partial charge in [0.25, 0.3) is 5.56 Å². The first-order valence-electron chi connectivity index (χ1n) is 15.4. The molecule has 1 fully saturated rings. The number of fused-ring (bicyclic) bond motifs is 1. The molecule has 0 spiro atoms. The minimum absolute atomic E-state index is 0.0191. The minimum atomic E-state index is -1.93. The van der Waals surface area contributed by atoms with Gasteiger partial charge >= 0.3 is 0 Å². The maximum atomic E-state index is 15.9. The van der Waals surface area contributed by atoms with E-state index >= 15 is 4.39 Å². The van der Waals surface area contributed by atoms with Gasteiger partial charge in [-0.05, 0) is 41.0 Å². The molecule has 0 saturated carbocycles. The smallest absolute Gasteiger partial charge is 0.280 e. The number of nitrogens with one attached hydrogen (secondary N) is 2. The highest BCUT2D eigenvalue weighted by atomic mass is 19.1. The first kappa shape index (κ1) is 32.8. The summed E-state index contributed by atoms with van der Waals surface area (Å²) in [6.45, 7) is 3.15. The lowest BCUT2D eigenvalue weighted by atomic mass is 9.80. The molecule has 48 heavy (non-hydrogen) atoms. The fraction of sp³-hybridized carbons (Fsp3) is 0.314. The zero-order valence-electron chi connectivity index (χ0n) is 26.8. The number of aliphatic hydroxyl groups excluding tert-OH is 1. The zero-order chi connectivity index (χ0) is 34.0. The first-order chi connectivity index (χ1) is 23.2. The first-order valence-corrected chi connectivity index (χ1v) is 15.4. The van der Waals surface area contributed by atoms with Gasteiger partial charge in [0.05, 0.1) is 27.2 Å². The molecule has 3 N–H and O–H groups in total. The molecule has 5 aromatic rings. The van der Waals surface area contributed by atoms with Crippen LogP contribution in [0.15, 0.2) is 90.0 Å². The van der Waals surface area contributed by atoms with E-state index in [4.69, 9.17) is 18.9 Å². The predicted octanol–water partition coefficient (Wildman–Crippen LogP) is 4.34. The molecule has 0 bridgehead atoms. The van der Waals surface area contributed by atoms with Crippen LogP contribution in [0.25, 0.3) is 11.2 Å². The maximum absolute atomic E-state index is 15.9. The molecule has 0 aliphatic carbocycles. The van der Waals surface area contributed by atoms with Crippen LogP contribution in [0.1, 0.15) is 36.8 Å². The molecule has 12 nitrogen and oxygen atoms in total. The number of hydrogen-bond donors (Lipinski definition) is 3. The van der Waals surface area contributed by atoms with Gasteiger partial charge in [0.2, 0.25) is 11.9 Å². The number of halogens is 1.